The van der Waals surface area contributed by atoms with Gasteiger partial charge in [0.1, 0.15) is 22.7 Å². The van der Waals surface area contributed by atoms with Crippen LogP contribution >= 0.6 is 0 Å². The summed E-state index contributed by atoms with van der Waals surface area (Å²) in [6.45, 7) is 1.71. The number of fused-ring (bicyclic) bond motifs is 3. The maximum Gasteiger partial charge on any atom is 0.265 e. The van der Waals surface area contributed by atoms with Crippen LogP contribution in [0.15, 0.2) is 71.1 Å². The summed E-state index contributed by atoms with van der Waals surface area (Å²) in [5.41, 5.74) is 2.22. The van der Waals surface area contributed by atoms with E-state index < -0.39 is 6.10 Å². The maximum atomic E-state index is 12.5. The smallest absolute Gasteiger partial charge is 0.265 e. The van der Waals surface area contributed by atoms with Gasteiger partial charge in [0.15, 0.2) is 6.10 Å². The normalized spacial score (nSPS) is 12.1. The molecule has 1 amide bonds. The first-order valence-corrected chi connectivity index (χ1v) is 8.67. The summed E-state index contributed by atoms with van der Waals surface area (Å²) in [6, 6.07) is 20.6. The highest BCUT2D eigenvalue weighted by Gasteiger charge is 2.16. The molecule has 27 heavy (non-hydrogen) atoms. The van der Waals surface area contributed by atoms with E-state index in [4.69, 9.17) is 13.9 Å². The van der Waals surface area contributed by atoms with Crippen molar-refractivity contribution in [3.63, 3.8) is 0 Å². The van der Waals surface area contributed by atoms with E-state index in [0.29, 0.717) is 11.4 Å². The molecule has 4 aromatic rings. The number of para-hydroxylation sites is 1. The molecule has 5 nitrogen and oxygen atoms in total. The van der Waals surface area contributed by atoms with Gasteiger partial charge < -0.3 is 19.2 Å². The number of anilines is 1. The molecule has 0 unspecified atom stereocenters. The quantitative estimate of drug-likeness (QED) is 0.543. The van der Waals surface area contributed by atoms with Crippen LogP contribution in [0.3, 0.4) is 0 Å². The number of carbonyl (C=O) groups is 1. The molecular weight excluding hydrogens is 342 g/mol. The number of hydrogen-bond acceptors (Lipinski definition) is 4. The van der Waals surface area contributed by atoms with E-state index >= 15 is 0 Å². The molecule has 1 atom stereocenters. The Morgan fingerprint density at radius 3 is 2.41 bits per heavy atom. The Morgan fingerprint density at radius 2 is 1.63 bits per heavy atom. The minimum atomic E-state index is -0.648. The number of ether oxygens (including phenoxy) is 2. The molecule has 0 radical (unpaired) electrons. The monoisotopic (exact) mass is 361 g/mol. The molecule has 0 aliphatic heterocycles. The van der Waals surface area contributed by atoms with E-state index in [0.717, 1.165) is 27.7 Å². The highest BCUT2D eigenvalue weighted by molar-refractivity contribution is 6.06. The van der Waals surface area contributed by atoms with Crippen LogP contribution in [0.1, 0.15) is 6.92 Å². The van der Waals surface area contributed by atoms with Gasteiger partial charge in [0, 0.05) is 22.5 Å². The molecule has 0 aliphatic carbocycles. The molecule has 4 rings (SSSR count). The van der Waals surface area contributed by atoms with Crippen LogP contribution in [-0.2, 0) is 4.79 Å². The van der Waals surface area contributed by atoms with Crippen LogP contribution in [0, 0.1) is 0 Å². The largest absolute Gasteiger partial charge is 0.497 e. The first kappa shape index (κ1) is 17.0. The van der Waals surface area contributed by atoms with Crippen LogP contribution < -0.4 is 14.8 Å². The van der Waals surface area contributed by atoms with Crippen LogP contribution in [0.2, 0.25) is 0 Å². The van der Waals surface area contributed by atoms with Crippen molar-refractivity contribution >= 4 is 33.5 Å². The van der Waals surface area contributed by atoms with Gasteiger partial charge in [-0.1, -0.05) is 18.2 Å². The Hall–Kier alpha value is -3.47. The zero-order valence-electron chi connectivity index (χ0n) is 15.1. The molecule has 0 saturated carbocycles. The third-order valence-electron chi connectivity index (χ3n) is 4.39. The predicted molar refractivity (Wildman–Crippen MR) is 105 cm³/mol. The van der Waals surface area contributed by atoms with Crippen molar-refractivity contribution in [2.24, 2.45) is 0 Å². The highest BCUT2D eigenvalue weighted by atomic mass is 16.5. The second-order valence-electron chi connectivity index (χ2n) is 6.23. The predicted octanol–water partition coefficient (Wildman–Crippen LogP) is 5.00. The standard InChI is InChI=1S/C22H19NO4/c1-14(26-17-10-8-16(25-2)9-11-17)22(24)23-15-7-12-19-18-5-3-4-6-20(18)27-21(19)13-15/h3-14H,1-2H3,(H,23,24)/t14-/m1/s1. The van der Waals surface area contributed by atoms with Gasteiger partial charge in [0.25, 0.3) is 5.91 Å². The topological polar surface area (TPSA) is 60.7 Å². The fourth-order valence-electron chi connectivity index (χ4n) is 2.96. The number of benzene rings is 3. The van der Waals surface area contributed by atoms with Crippen LogP contribution in [0.4, 0.5) is 5.69 Å². The minimum Gasteiger partial charge on any atom is -0.497 e. The van der Waals surface area contributed by atoms with E-state index in [-0.39, 0.29) is 5.91 Å². The van der Waals surface area contributed by atoms with E-state index in [2.05, 4.69) is 5.32 Å². The lowest BCUT2D eigenvalue weighted by Gasteiger charge is -2.15. The van der Waals surface area contributed by atoms with Crippen molar-refractivity contribution in [3.8, 4) is 11.5 Å². The Kier molecular flexibility index (Phi) is 4.42. The molecule has 136 valence electrons. The van der Waals surface area contributed by atoms with Crippen LogP contribution in [0.5, 0.6) is 11.5 Å². The summed E-state index contributed by atoms with van der Waals surface area (Å²) in [5.74, 6) is 1.10. The zero-order valence-corrected chi connectivity index (χ0v) is 15.1. The Bertz CT molecular complexity index is 1100. The summed E-state index contributed by atoms with van der Waals surface area (Å²) < 4.78 is 16.7. The molecule has 1 heterocycles. The van der Waals surface area contributed by atoms with E-state index in [1.54, 1.807) is 38.3 Å². The molecule has 0 spiro atoms. The summed E-state index contributed by atoms with van der Waals surface area (Å²) in [6.07, 6.45) is -0.648. The Labute approximate surface area is 156 Å². The van der Waals surface area contributed by atoms with Gasteiger partial charge >= 0.3 is 0 Å². The molecule has 1 aromatic heterocycles. The van der Waals surface area contributed by atoms with E-state index in [9.17, 15) is 4.79 Å². The van der Waals surface area contributed by atoms with Crippen molar-refractivity contribution in [1.82, 2.24) is 0 Å². The zero-order chi connectivity index (χ0) is 18.8. The summed E-state index contributed by atoms with van der Waals surface area (Å²) in [4.78, 5) is 12.5. The molecule has 0 saturated heterocycles. The van der Waals surface area contributed by atoms with Gasteiger partial charge in [-0.25, -0.2) is 0 Å². The highest BCUT2D eigenvalue weighted by Crippen LogP contribution is 2.30. The van der Waals surface area contributed by atoms with Gasteiger partial charge in [-0.05, 0) is 49.4 Å². The van der Waals surface area contributed by atoms with Gasteiger partial charge in [-0.15, -0.1) is 0 Å². The van der Waals surface area contributed by atoms with Crippen LogP contribution in [0.25, 0.3) is 21.9 Å². The minimum absolute atomic E-state index is 0.235. The van der Waals surface area contributed by atoms with E-state index in [1.807, 2.05) is 42.5 Å². The number of carbonyl (C=O) groups excluding carboxylic acids is 1. The van der Waals surface area contributed by atoms with Crippen molar-refractivity contribution in [2.45, 2.75) is 13.0 Å². The van der Waals surface area contributed by atoms with Gasteiger partial charge in [0.05, 0.1) is 7.11 Å². The van der Waals surface area contributed by atoms with Crippen molar-refractivity contribution in [2.75, 3.05) is 12.4 Å². The molecule has 3 aromatic carbocycles. The lowest BCUT2D eigenvalue weighted by atomic mass is 10.1. The first-order valence-electron chi connectivity index (χ1n) is 8.67. The number of methoxy groups -OCH3 is 1. The molecule has 0 bridgehead atoms. The van der Waals surface area contributed by atoms with Crippen molar-refractivity contribution < 1.29 is 18.7 Å². The van der Waals surface area contributed by atoms with Crippen molar-refractivity contribution in [1.29, 1.82) is 0 Å². The lowest BCUT2D eigenvalue weighted by molar-refractivity contribution is -0.122. The molecule has 1 N–H and O–H groups in total. The number of hydrogen-bond donors (Lipinski definition) is 1. The third kappa shape index (κ3) is 3.44. The fourth-order valence-corrected chi connectivity index (χ4v) is 2.96. The number of amides is 1. The average Bonchev–Trinajstić information content (AvgIpc) is 3.06. The van der Waals surface area contributed by atoms with Gasteiger partial charge in [-0.3, -0.25) is 4.79 Å². The summed E-state index contributed by atoms with van der Waals surface area (Å²) >= 11 is 0. The van der Waals surface area contributed by atoms with Gasteiger partial charge in [-0.2, -0.15) is 0 Å². The molecular formula is C22H19NO4. The second kappa shape index (κ2) is 7.03. The molecule has 0 aliphatic rings. The SMILES string of the molecule is COc1ccc(O[C@H](C)C(=O)Nc2ccc3c(c2)oc2ccccc23)cc1. The number of nitrogens with one attached hydrogen (secondary N) is 1. The Morgan fingerprint density at radius 1 is 0.926 bits per heavy atom. The van der Waals surface area contributed by atoms with Crippen molar-refractivity contribution in [3.05, 3.63) is 66.7 Å². The van der Waals surface area contributed by atoms with Gasteiger partial charge in [0.2, 0.25) is 0 Å². The van der Waals surface area contributed by atoms with E-state index in [1.165, 1.54) is 0 Å². The van der Waals surface area contributed by atoms with Crippen LogP contribution in [-0.4, -0.2) is 19.1 Å². The number of furan rings is 1. The fraction of sp³-hybridized carbons (Fsp3) is 0.136. The summed E-state index contributed by atoms with van der Waals surface area (Å²) in [5, 5.41) is 4.95. The molecule has 5 heteroatoms. The lowest BCUT2D eigenvalue weighted by Crippen LogP contribution is -2.30. The number of rotatable bonds is 5. The Balaban J connectivity index is 1.48. The maximum absolute atomic E-state index is 12.5. The average molecular weight is 361 g/mol. The summed E-state index contributed by atoms with van der Waals surface area (Å²) in [7, 11) is 1.60. The first-order chi connectivity index (χ1) is 13.1. The second-order valence-corrected chi connectivity index (χ2v) is 6.23. The third-order valence-corrected chi connectivity index (χ3v) is 4.39. The molecule has 0 fully saturated rings.